The van der Waals surface area contributed by atoms with Crippen molar-refractivity contribution in [1.82, 2.24) is 0 Å². The molecule has 3 unspecified atom stereocenters. The van der Waals surface area contributed by atoms with E-state index in [1.54, 1.807) is 0 Å². The molecule has 62 valence electrons. The smallest absolute Gasteiger partial charge is 0.108 e. The van der Waals surface area contributed by atoms with E-state index in [9.17, 15) is 0 Å². The van der Waals surface area contributed by atoms with Crippen LogP contribution >= 0.6 is 0 Å². The fraction of sp³-hybridized carbons (Fsp3) is 1.00. The Kier molecular flexibility index (Phi) is 2.19. The molecular weight excluding hydrogens is 139 g/mol. The van der Waals surface area contributed by atoms with Crippen molar-refractivity contribution in [3.63, 3.8) is 0 Å². The average Bonchev–Trinajstić information content (AvgIpc) is 2.55. The van der Waals surface area contributed by atoms with Crippen LogP contribution in [0.15, 0.2) is 0 Å². The van der Waals surface area contributed by atoms with Crippen LogP contribution in [0.5, 0.6) is 0 Å². The quantitative estimate of drug-likeness (QED) is 0.508. The molecule has 0 amide bonds. The van der Waals surface area contributed by atoms with Crippen LogP contribution in [0.25, 0.3) is 0 Å². The van der Waals surface area contributed by atoms with Gasteiger partial charge < -0.3 is 9.47 Å². The first-order chi connectivity index (χ1) is 5.36. The van der Waals surface area contributed by atoms with Crippen molar-refractivity contribution in [1.29, 1.82) is 0 Å². The van der Waals surface area contributed by atoms with Crippen LogP contribution in [0.4, 0.5) is 0 Å². The molecule has 3 atom stereocenters. The minimum atomic E-state index is 0.410. The van der Waals surface area contributed by atoms with Gasteiger partial charge >= 0.3 is 0 Å². The molecule has 0 saturated carbocycles. The van der Waals surface area contributed by atoms with E-state index >= 15 is 0 Å². The second-order valence-corrected chi connectivity index (χ2v) is 3.76. The van der Waals surface area contributed by atoms with Crippen LogP contribution in [0, 0.1) is 0 Å². The summed E-state index contributed by atoms with van der Waals surface area (Å²) in [6.45, 7) is 1.88. The van der Waals surface area contributed by atoms with Gasteiger partial charge in [0.05, 0.1) is 12.2 Å². The third-order valence-corrected chi connectivity index (χ3v) is 2.61. The Morgan fingerprint density at radius 3 is 2.64 bits per heavy atom. The van der Waals surface area contributed by atoms with E-state index in [2.05, 4.69) is 7.85 Å². The molecule has 2 rings (SSSR count). The molecule has 0 aromatic heterocycles. The number of rotatable bonds is 1. The van der Waals surface area contributed by atoms with Gasteiger partial charge in [-0.25, -0.2) is 0 Å². The van der Waals surface area contributed by atoms with E-state index in [1.807, 2.05) is 0 Å². The summed E-state index contributed by atoms with van der Waals surface area (Å²) >= 11 is 0. The van der Waals surface area contributed by atoms with Crippen molar-refractivity contribution in [3.8, 4) is 0 Å². The van der Waals surface area contributed by atoms with Crippen LogP contribution < -0.4 is 0 Å². The van der Waals surface area contributed by atoms with Crippen molar-refractivity contribution in [2.75, 3.05) is 13.2 Å². The second-order valence-electron chi connectivity index (χ2n) is 3.76. The van der Waals surface area contributed by atoms with E-state index in [1.165, 1.54) is 19.3 Å². The van der Waals surface area contributed by atoms with Gasteiger partial charge in [0, 0.05) is 13.2 Å². The third-order valence-electron chi connectivity index (χ3n) is 2.61. The minimum Gasteiger partial charge on any atom is -0.376 e. The molecule has 0 bridgehead atoms. The Morgan fingerprint density at radius 2 is 2.09 bits per heavy atom. The maximum absolute atomic E-state index is 5.62. The zero-order chi connectivity index (χ0) is 7.68. The molecule has 0 radical (unpaired) electrons. The number of ether oxygens (including phenoxy) is 2. The highest BCUT2D eigenvalue weighted by Crippen LogP contribution is 2.29. The lowest BCUT2D eigenvalue weighted by molar-refractivity contribution is -0.0173. The van der Waals surface area contributed by atoms with Crippen LogP contribution in [0.2, 0.25) is 5.82 Å². The Bertz CT molecular complexity index is 134. The van der Waals surface area contributed by atoms with Gasteiger partial charge in [-0.3, -0.25) is 0 Å². The fourth-order valence-corrected chi connectivity index (χ4v) is 1.98. The van der Waals surface area contributed by atoms with E-state index in [0.29, 0.717) is 12.2 Å². The SMILES string of the molecule is BC1COC(C2CCCO2)C1. The molecule has 3 heteroatoms. The van der Waals surface area contributed by atoms with Gasteiger partial charge in [0.15, 0.2) is 0 Å². The summed E-state index contributed by atoms with van der Waals surface area (Å²) in [4.78, 5) is 0. The van der Waals surface area contributed by atoms with Gasteiger partial charge in [-0.15, -0.1) is 0 Å². The monoisotopic (exact) mass is 154 g/mol. The van der Waals surface area contributed by atoms with Crippen molar-refractivity contribution >= 4 is 7.85 Å². The molecule has 0 aliphatic carbocycles. The van der Waals surface area contributed by atoms with Crippen LogP contribution in [0.1, 0.15) is 19.3 Å². The zero-order valence-electron chi connectivity index (χ0n) is 7.08. The summed E-state index contributed by atoms with van der Waals surface area (Å²) < 4.78 is 11.2. The highest BCUT2D eigenvalue weighted by molar-refractivity contribution is 6.11. The van der Waals surface area contributed by atoms with Gasteiger partial charge in [-0.05, 0) is 25.1 Å². The normalized spacial score (nSPS) is 44.9. The Labute approximate surface area is 68.7 Å². The van der Waals surface area contributed by atoms with Gasteiger partial charge in [0.1, 0.15) is 7.85 Å². The number of hydrogen-bond donors (Lipinski definition) is 0. The predicted molar refractivity (Wildman–Crippen MR) is 45.6 cm³/mol. The first-order valence-electron chi connectivity index (χ1n) is 4.59. The van der Waals surface area contributed by atoms with E-state index < -0.39 is 0 Å². The molecule has 2 aliphatic heterocycles. The Balaban J connectivity index is 1.85. The third kappa shape index (κ3) is 1.59. The molecule has 2 saturated heterocycles. The summed E-state index contributed by atoms with van der Waals surface area (Å²) in [5, 5.41) is 0. The first kappa shape index (κ1) is 7.62. The Morgan fingerprint density at radius 1 is 1.18 bits per heavy atom. The maximum atomic E-state index is 5.62. The largest absolute Gasteiger partial charge is 0.376 e. The lowest BCUT2D eigenvalue weighted by Gasteiger charge is -2.16. The maximum Gasteiger partial charge on any atom is 0.108 e. The Hall–Kier alpha value is -0.0151. The molecule has 2 aliphatic rings. The topological polar surface area (TPSA) is 18.5 Å². The summed E-state index contributed by atoms with van der Waals surface area (Å²) in [5.74, 6) is 0.740. The van der Waals surface area contributed by atoms with Gasteiger partial charge in [0.2, 0.25) is 0 Å². The van der Waals surface area contributed by atoms with Crippen LogP contribution in [-0.4, -0.2) is 33.3 Å². The lowest BCUT2D eigenvalue weighted by atomic mass is 9.84. The average molecular weight is 154 g/mol. The van der Waals surface area contributed by atoms with Crippen LogP contribution in [-0.2, 0) is 9.47 Å². The molecular formula is C8H15BO2. The molecule has 2 nitrogen and oxygen atoms in total. The second kappa shape index (κ2) is 3.15. The predicted octanol–water partition coefficient (Wildman–Crippen LogP) is 0.376. The molecule has 0 aromatic rings. The van der Waals surface area contributed by atoms with Gasteiger partial charge in [-0.2, -0.15) is 0 Å². The van der Waals surface area contributed by atoms with Crippen molar-refractivity contribution in [2.24, 2.45) is 0 Å². The minimum absolute atomic E-state index is 0.410. The van der Waals surface area contributed by atoms with Gasteiger partial charge in [-0.1, -0.05) is 0 Å². The summed E-state index contributed by atoms with van der Waals surface area (Å²) in [7, 11) is 2.24. The van der Waals surface area contributed by atoms with Crippen molar-refractivity contribution in [2.45, 2.75) is 37.3 Å². The summed E-state index contributed by atoms with van der Waals surface area (Å²) in [5.41, 5.74) is 0. The lowest BCUT2D eigenvalue weighted by Crippen LogP contribution is -2.24. The van der Waals surface area contributed by atoms with Gasteiger partial charge in [0.25, 0.3) is 0 Å². The molecule has 0 aromatic carbocycles. The van der Waals surface area contributed by atoms with E-state index in [4.69, 9.17) is 9.47 Å². The van der Waals surface area contributed by atoms with Crippen LogP contribution in [0.3, 0.4) is 0 Å². The molecule has 2 heterocycles. The fourth-order valence-electron chi connectivity index (χ4n) is 1.98. The van der Waals surface area contributed by atoms with E-state index in [-0.39, 0.29) is 0 Å². The standard InChI is InChI=1S/C8H15BO2/c9-6-4-8(11-5-6)7-2-1-3-10-7/h6-8H,1-5,9H2. The summed E-state index contributed by atoms with van der Waals surface area (Å²) in [6, 6.07) is 0. The van der Waals surface area contributed by atoms with Crippen molar-refractivity contribution < 1.29 is 9.47 Å². The highest BCUT2D eigenvalue weighted by atomic mass is 16.5. The molecule has 0 N–H and O–H groups in total. The highest BCUT2D eigenvalue weighted by Gasteiger charge is 2.32. The zero-order valence-corrected chi connectivity index (χ0v) is 7.08. The first-order valence-corrected chi connectivity index (χ1v) is 4.59. The summed E-state index contributed by atoms with van der Waals surface area (Å²) in [6.07, 6.45) is 4.45. The van der Waals surface area contributed by atoms with E-state index in [0.717, 1.165) is 19.0 Å². The number of hydrogen-bond acceptors (Lipinski definition) is 2. The van der Waals surface area contributed by atoms with Crippen molar-refractivity contribution in [3.05, 3.63) is 0 Å². The molecule has 11 heavy (non-hydrogen) atoms. The molecule has 2 fully saturated rings. The molecule has 0 spiro atoms.